The van der Waals surface area contributed by atoms with Crippen LogP contribution in [0.1, 0.15) is 6.92 Å². The van der Waals surface area contributed by atoms with Crippen LogP contribution in [0.4, 0.5) is 0 Å². The highest BCUT2D eigenvalue weighted by Crippen LogP contribution is 2.04. The second kappa shape index (κ2) is 3.21. The molecule has 0 aromatic rings. The summed E-state index contributed by atoms with van der Waals surface area (Å²) in [6.45, 7) is 1.28. The van der Waals surface area contributed by atoms with E-state index < -0.39 is 26.7 Å². The highest BCUT2D eigenvalue weighted by atomic mass is 35.7. The second-order valence-corrected chi connectivity index (χ2v) is 4.77. The number of carbonyl (C=O) groups is 1. The van der Waals surface area contributed by atoms with E-state index in [0.29, 0.717) is 0 Å². The highest BCUT2D eigenvalue weighted by molar-refractivity contribution is 8.13. The lowest BCUT2D eigenvalue weighted by Gasteiger charge is -2.00. The molecule has 0 heterocycles. The number of rotatable bonds is 3. The van der Waals surface area contributed by atoms with Crippen molar-refractivity contribution in [1.82, 2.24) is 0 Å². The lowest BCUT2D eigenvalue weighted by atomic mass is 10.2. The standard InChI is InChI=1S/C4H7ClO4S/c1-3(4(6)7)2-10(5,8)9/h3H,2H2,1H3,(H,6,7). The fourth-order valence-electron chi connectivity index (χ4n) is 0.370. The van der Waals surface area contributed by atoms with E-state index in [1.165, 1.54) is 6.92 Å². The summed E-state index contributed by atoms with van der Waals surface area (Å²) >= 11 is 0. The Bertz CT molecular complexity index is 219. The van der Waals surface area contributed by atoms with Gasteiger partial charge in [-0.1, -0.05) is 6.92 Å². The topological polar surface area (TPSA) is 71.4 Å². The Kier molecular flexibility index (Phi) is 3.11. The van der Waals surface area contributed by atoms with Crippen molar-refractivity contribution < 1.29 is 18.3 Å². The van der Waals surface area contributed by atoms with E-state index >= 15 is 0 Å². The third-order valence-corrected chi connectivity index (χ3v) is 2.15. The van der Waals surface area contributed by atoms with E-state index in [4.69, 9.17) is 15.8 Å². The first kappa shape index (κ1) is 9.71. The molecule has 0 bridgehead atoms. The summed E-state index contributed by atoms with van der Waals surface area (Å²) in [7, 11) is 1.10. The third kappa shape index (κ3) is 4.58. The van der Waals surface area contributed by atoms with Gasteiger partial charge < -0.3 is 5.11 Å². The van der Waals surface area contributed by atoms with Gasteiger partial charge in [0.2, 0.25) is 9.05 Å². The van der Waals surface area contributed by atoms with Gasteiger partial charge in [-0.05, 0) is 0 Å². The van der Waals surface area contributed by atoms with E-state index in [-0.39, 0.29) is 0 Å². The van der Waals surface area contributed by atoms with Gasteiger partial charge in [0.25, 0.3) is 0 Å². The van der Waals surface area contributed by atoms with Gasteiger partial charge in [0.15, 0.2) is 0 Å². The first-order valence-corrected chi connectivity index (χ1v) is 4.96. The zero-order valence-corrected chi connectivity index (χ0v) is 6.82. The molecule has 0 spiro atoms. The average molecular weight is 187 g/mol. The Morgan fingerprint density at radius 3 is 2.20 bits per heavy atom. The number of hydrogen-bond acceptors (Lipinski definition) is 3. The van der Waals surface area contributed by atoms with Crippen molar-refractivity contribution in [2.24, 2.45) is 5.92 Å². The molecule has 0 aliphatic rings. The maximum Gasteiger partial charge on any atom is 0.307 e. The van der Waals surface area contributed by atoms with Gasteiger partial charge in [-0.3, -0.25) is 4.79 Å². The van der Waals surface area contributed by atoms with Crippen molar-refractivity contribution in [2.75, 3.05) is 5.75 Å². The molecule has 6 heteroatoms. The molecule has 10 heavy (non-hydrogen) atoms. The number of aliphatic carboxylic acids is 1. The quantitative estimate of drug-likeness (QED) is 0.643. The second-order valence-electron chi connectivity index (χ2n) is 1.94. The van der Waals surface area contributed by atoms with Crippen LogP contribution in [-0.4, -0.2) is 25.2 Å². The van der Waals surface area contributed by atoms with E-state index in [2.05, 4.69) is 0 Å². The molecular formula is C4H7ClO4S. The Labute approximate surface area is 63.2 Å². The molecule has 0 aromatic heterocycles. The molecule has 0 aliphatic heterocycles. The lowest BCUT2D eigenvalue weighted by molar-refractivity contribution is -0.140. The molecule has 4 nitrogen and oxygen atoms in total. The molecule has 0 saturated heterocycles. The minimum Gasteiger partial charge on any atom is -0.481 e. The number of halogens is 1. The van der Waals surface area contributed by atoms with Gasteiger partial charge in [0.05, 0.1) is 11.7 Å². The minimum atomic E-state index is -3.68. The Hall–Kier alpha value is -0.290. The summed E-state index contributed by atoms with van der Waals surface area (Å²) in [5.41, 5.74) is 0. The third-order valence-electron chi connectivity index (χ3n) is 0.871. The van der Waals surface area contributed by atoms with Crippen molar-refractivity contribution >= 4 is 25.7 Å². The molecule has 0 rings (SSSR count). The van der Waals surface area contributed by atoms with Crippen LogP contribution in [0.3, 0.4) is 0 Å². The Balaban J connectivity index is 4.06. The Morgan fingerprint density at radius 1 is 1.70 bits per heavy atom. The first-order valence-electron chi connectivity index (χ1n) is 2.48. The molecule has 60 valence electrons. The van der Waals surface area contributed by atoms with Crippen molar-refractivity contribution in [3.05, 3.63) is 0 Å². The van der Waals surface area contributed by atoms with Crippen LogP contribution in [0.5, 0.6) is 0 Å². The number of hydrogen-bond donors (Lipinski definition) is 1. The van der Waals surface area contributed by atoms with Crippen LogP contribution in [0.15, 0.2) is 0 Å². The van der Waals surface area contributed by atoms with Gasteiger partial charge in [-0.25, -0.2) is 8.42 Å². The summed E-state index contributed by atoms with van der Waals surface area (Å²) in [6, 6.07) is 0. The fraction of sp³-hybridized carbons (Fsp3) is 0.750. The first-order chi connectivity index (χ1) is 4.33. The molecule has 0 saturated carbocycles. The monoisotopic (exact) mass is 186 g/mol. The minimum absolute atomic E-state index is 0.524. The van der Waals surface area contributed by atoms with Crippen LogP contribution in [0, 0.1) is 5.92 Å². The lowest BCUT2D eigenvalue weighted by Crippen LogP contribution is -2.17. The van der Waals surface area contributed by atoms with Crippen LogP contribution in [0.2, 0.25) is 0 Å². The number of carboxylic acids is 1. The van der Waals surface area contributed by atoms with Gasteiger partial charge >= 0.3 is 5.97 Å². The summed E-state index contributed by atoms with van der Waals surface area (Å²) in [5.74, 6) is -2.63. The van der Waals surface area contributed by atoms with Gasteiger partial charge in [0.1, 0.15) is 0 Å². The smallest absolute Gasteiger partial charge is 0.307 e. The SMILES string of the molecule is CC(CS(=O)(=O)Cl)C(=O)O. The fourth-order valence-corrected chi connectivity index (χ4v) is 1.68. The van der Waals surface area contributed by atoms with E-state index in [1.807, 2.05) is 0 Å². The predicted octanol–water partition coefficient (Wildman–Crippen LogP) is 0.276. The van der Waals surface area contributed by atoms with Crippen LogP contribution in [0.25, 0.3) is 0 Å². The van der Waals surface area contributed by atoms with E-state index in [9.17, 15) is 13.2 Å². The highest BCUT2D eigenvalue weighted by Gasteiger charge is 2.18. The van der Waals surface area contributed by atoms with Crippen LogP contribution >= 0.6 is 10.7 Å². The maximum atomic E-state index is 10.2. The molecule has 0 amide bonds. The summed E-state index contributed by atoms with van der Waals surface area (Å²) in [5, 5.41) is 8.22. The molecule has 1 N–H and O–H groups in total. The zero-order valence-electron chi connectivity index (χ0n) is 5.24. The molecule has 0 aromatic carbocycles. The van der Waals surface area contributed by atoms with Gasteiger partial charge in [-0.15, -0.1) is 0 Å². The maximum absolute atomic E-state index is 10.2. The molecule has 1 unspecified atom stereocenters. The molecule has 0 radical (unpaired) electrons. The van der Waals surface area contributed by atoms with Crippen molar-refractivity contribution in [2.45, 2.75) is 6.92 Å². The predicted molar refractivity (Wildman–Crippen MR) is 36.4 cm³/mol. The number of carboxylic acid groups (broad SMARTS) is 1. The summed E-state index contributed by atoms with van der Waals surface area (Å²) in [6.07, 6.45) is 0. The molecule has 1 atom stereocenters. The van der Waals surface area contributed by atoms with E-state index in [1.54, 1.807) is 0 Å². The largest absolute Gasteiger partial charge is 0.481 e. The Morgan fingerprint density at radius 2 is 2.10 bits per heavy atom. The van der Waals surface area contributed by atoms with Crippen molar-refractivity contribution in [3.8, 4) is 0 Å². The summed E-state index contributed by atoms with van der Waals surface area (Å²) in [4.78, 5) is 10.1. The van der Waals surface area contributed by atoms with Crippen molar-refractivity contribution in [3.63, 3.8) is 0 Å². The van der Waals surface area contributed by atoms with Crippen LogP contribution < -0.4 is 0 Å². The van der Waals surface area contributed by atoms with Gasteiger partial charge in [-0.2, -0.15) is 0 Å². The van der Waals surface area contributed by atoms with Crippen LogP contribution in [-0.2, 0) is 13.8 Å². The summed E-state index contributed by atoms with van der Waals surface area (Å²) < 4.78 is 20.5. The average Bonchev–Trinajstić information content (AvgIpc) is 1.60. The molecule has 0 fully saturated rings. The van der Waals surface area contributed by atoms with Crippen molar-refractivity contribution in [1.29, 1.82) is 0 Å². The normalized spacial score (nSPS) is 14.6. The zero-order chi connectivity index (χ0) is 8.36. The van der Waals surface area contributed by atoms with Gasteiger partial charge in [0, 0.05) is 10.7 Å². The molecular weight excluding hydrogens is 180 g/mol. The molecule has 0 aliphatic carbocycles. The van der Waals surface area contributed by atoms with E-state index in [0.717, 1.165) is 0 Å².